The molecule has 0 spiro atoms. The van der Waals surface area contributed by atoms with Gasteiger partial charge in [0.15, 0.2) is 6.29 Å². The second kappa shape index (κ2) is 5.56. The Balaban J connectivity index is 1.91. The first-order valence-corrected chi connectivity index (χ1v) is 6.20. The van der Waals surface area contributed by atoms with Crippen LogP contribution < -0.4 is 5.01 Å². The summed E-state index contributed by atoms with van der Waals surface area (Å²) in [4.78, 5) is 29.3. The van der Waals surface area contributed by atoms with Gasteiger partial charge in [-0.1, -0.05) is 0 Å². The fourth-order valence-electron chi connectivity index (χ4n) is 1.85. The van der Waals surface area contributed by atoms with Crippen molar-refractivity contribution in [1.82, 2.24) is 9.97 Å². The number of nitro groups is 1. The predicted octanol–water partition coefficient (Wildman–Crippen LogP) is 1.11. The molecule has 1 aliphatic heterocycles. The molecule has 0 radical (unpaired) electrons. The number of hydrogen-bond acceptors (Lipinski definition) is 8. The molecule has 1 aromatic carbocycles. The lowest BCUT2D eigenvalue weighted by molar-refractivity contribution is -0.384. The van der Waals surface area contributed by atoms with Gasteiger partial charge in [-0.05, 0) is 18.2 Å². The monoisotopic (exact) mass is 299 g/mol. The average molecular weight is 299 g/mol. The Morgan fingerprint density at radius 3 is 2.50 bits per heavy atom. The maximum absolute atomic E-state index is 11.1. The van der Waals surface area contributed by atoms with Crippen molar-refractivity contribution in [2.24, 2.45) is 5.10 Å². The van der Waals surface area contributed by atoms with Gasteiger partial charge in [0.1, 0.15) is 0 Å². The summed E-state index contributed by atoms with van der Waals surface area (Å²) in [6, 6.07) is 7.29. The number of hydrogen-bond donors (Lipinski definition) is 0. The molecule has 110 valence electrons. The minimum Gasteiger partial charge on any atom is -0.443 e. The van der Waals surface area contributed by atoms with Gasteiger partial charge in [-0.2, -0.15) is 5.01 Å². The van der Waals surface area contributed by atoms with Crippen molar-refractivity contribution >= 4 is 23.8 Å². The highest BCUT2D eigenvalue weighted by Gasteiger charge is 2.31. The lowest BCUT2D eigenvalue weighted by Crippen LogP contribution is -2.30. The van der Waals surface area contributed by atoms with Gasteiger partial charge in [-0.25, -0.2) is 9.97 Å². The van der Waals surface area contributed by atoms with Crippen molar-refractivity contribution in [2.75, 3.05) is 5.01 Å². The summed E-state index contributed by atoms with van der Waals surface area (Å²) < 4.78 is 5.42. The van der Waals surface area contributed by atoms with E-state index < -0.39 is 11.2 Å². The second-order valence-corrected chi connectivity index (χ2v) is 4.25. The molecule has 0 bridgehead atoms. The van der Waals surface area contributed by atoms with Gasteiger partial charge in [0, 0.05) is 30.1 Å². The molecule has 9 nitrogen and oxygen atoms in total. The molecule has 1 atom stereocenters. The van der Waals surface area contributed by atoms with Gasteiger partial charge >= 0.3 is 0 Å². The lowest BCUT2D eigenvalue weighted by Gasteiger charge is -2.13. The van der Waals surface area contributed by atoms with Gasteiger partial charge < -0.3 is 4.74 Å². The molecular formula is C13H9N5O4. The number of hydrazone groups is 1. The molecule has 0 saturated heterocycles. The highest BCUT2D eigenvalue weighted by atomic mass is 16.6. The fourth-order valence-corrected chi connectivity index (χ4v) is 1.85. The number of aromatic nitrogens is 2. The Morgan fingerprint density at radius 1 is 1.23 bits per heavy atom. The van der Waals surface area contributed by atoms with E-state index in [1.54, 1.807) is 6.07 Å². The molecule has 0 aliphatic carbocycles. The van der Waals surface area contributed by atoms with E-state index in [0.717, 1.165) is 0 Å². The number of nitrogens with zero attached hydrogens (tertiary/aromatic N) is 5. The molecule has 1 aliphatic rings. The number of rotatable bonds is 4. The van der Waals surface area contributed by atoms with E-state index in [0.29, 0.717) is 11.8 Å². The summed E-state index contributed by atoms with van der Waals surface area (Å²) in [7, 11) is 0. The highest BCUT2D eigenvalue weighted by molar-refractivity contribution is 5.97. The van der Waals surface area contributed by atoms with Crippen LogP contribution in [0.4, 0.5) is 11.6 Å². The van der Waals surface area contributed by atoms with Crippen molar-refractivity contribution in [3.63, 3.8) is 0 Å². The number of anilines is 1. The third-order valence-corrected chi connectivity index (χ3v) is 2.87. The molecule has 1 unspecified atom stereocenters. The molecule has 1 aromatic heterocycles. The molecular weight excluding hydrogens is 290 g/mol. The summed E-state index contributed by atoms with van der Waals surface area (Å²) in [5, 5.41) is 16.0. The van der Waals surface area contributed by atoms with Crippen LogP contribution in [0, 0.1) is 10.1 Å². The Labute approximate surface area is 124 Å². The zero-order valence-electron chi connectivity index (χ0n) is 11.1. The topological polar surface area (TPSA) is 111 Å². The molecule has 0 N–H and O–H groups in total. The third kappa shape index (κ3) is 2.46. The molecule has 0 fully saturated rings. The number of aldehydes is 1. The van der Waals surface area contributed by atoms with Crippen LogP contribution in [-0.4, -0.2) is 33.3 Å². The van der Waals surface area contributed by atoms with Crippen LogP contribution in [-0.2, 0) is 9.53 Å². The van der Waals surface area contributed by atoms with E-state index >= 15 is 0 Å². The van der Waals surface area contributed by atoms with Crippen LogP contribution in [0.5, 0.6) is 0 Å². The molecule has 0 amide bonds. The zero-order chi connectivity index (χ0) is 15.5. The van der Waals surface area contributed by atoms with E-state index in [4.69, 9.17) is 4.74 Å². The van der Waals surface area contributed by atoms with Crippen LogP contribution >= 0.6 is 0 Å². The first-order chi connectivity index (χ1) is 10.7. The fraction of sp³-hybridized carbons (Fsp3) is 0.0769. The highest BCUT2D eigenvalue weighted by Crippen LogP contribution is 2.21. The van der Waals surface area contributed by atoms with E-state index in [1.165, 1.54) is 41.7 Å². The quantitative estimate of drug-likeness (QED) is 0.472. The largest absolute Gasteiger partial charge is 0.443 e. The number of non-ortho nitro benzene ring substituents is 1. The minimum atomic E-state index is -0.979. The van der Waals surface area contributed by atoms with Crippen molar-refractivity contribution in [3.05, 3.63) is 58.4 Å². The molecule has 2 aromatic rings. The van der Waals surface area contributed by atoms with Gasteiger partial charge in [-0.3, -0.25) is 14.9 Å². The van der Waals surface area contributed by atoms with E-state index in [2.05, 4.69) is 15.1 Å². The summed E-state index contributed by atoms with van der Waals surface area (Å²) in [5.74, 6) is 0.385. The molecule has 0 saturated carbocycles. The van der Waals surface area contributed by atoms with Crippen molar-refractivity contribution in [1.29, 1.82) is 0 Å². The van der Waals surface area contributed by atoms with Gasteiger partial charge in [0.25, 0.3) is 11.9 Å². The number of benzene rings is 1. The van der Waals surface area contributed by atoms with Crippen molar-refractivity contribution in [2.45, 2.75) is 6.23 Å². The van der Waals surface area contributed by atoms with Gasteiger partial charge in [0.2, 0.25) is 11.8 Å². The Bertz CT molecular complexity index is 732. The Hall–Kier alpha value is -3.36. The maximum Gasteiger partial charge on any atom is 0.269 e. The SMILES string of the molecule is O=CC1OC(c2ccc([N+](=O)[O-])cc2)=NN1c1ncccn1. The molecule has 3 rings (SSSR count). The summed E-state index contributed by atoms with van der Waals surface area (Å²) in [6.45, 7) is 0. The molecule has 2 heterocycles. The van der Waals surface area contributed by atoms with Crippen LogP contribution in [0.1, 0.15) is 5.56 Å². The first-order valence-electron chi connectivity index (χ1n) is 6.20. The third-order valence-electron chi connectivity index (χ3n) is 2.87. The van der Waals surface area contributed by atoms with Crippen LogP contribution in [0.15, 0.2) is 47.8 Å². The zero-order valence-corrected chi connectivity index (χ0v) is 11.1. The number of ether oxygens (including phenoxy) is 1. The number of carbonyl (C=O) groups excluding carboxylic acids is 1. The standard InChI is InChI=1S/C13H9N5O4/c19-8-11-17(13-14-6-1-7-15-13)16-12(22-11)9-2-4-10(5-3-9)18(20)21/h1-8,11H. The number of nitro benzene ring substituents is 1. The molecule has 9 heteroatoms. The average Bonchev–Trinajstić information content (AvgIpc) is 3.00. The number of carbonyl (C=O) groups is 1. The first kappa shape index (κ1) is 13.6. The summed E-state index contributed by atoms with van der Waals surface area (Å²) in [6.07, 6.45) is 2.62. The van der Waals surface area contributed by atoms with Crippen molar-refractivity contribution < 1.29 is 14.5 Å². The van der Waals surface area contributed by atoms with Crippen LogP contribution in [0.25, 0.3) is 0 Å². The maximum atomic E-state index is 11.1. The molecule has 22 heavy (non-hydrogen) atoms. The van der Waals surface area contributed by atoms with Gasteiger partial charge in [0.05, 0.1) is 4.92 Å². The Morgan fingerprint density at radius 2 is 1.91 bits per heavy atom. The van der Waals surface area contributed by atoms with E-state index in [1.807, 2.05) is 0 Å². The smallest absolute Gasteiger partial charge is 0.269 e. The van der Waals surface area contributed by atoms with Crippen molar-refractivity contribution in [3.8, 4) is 0 Å². The second-order valence-electron chi connectivity index (χ2n) is 4.25. The van der Waals surface area contributed by atoms with Gasteiger partial charge in [-0.15, -0.1) is 5.10 Å². The lowest BCUT2D eigenvalue weighted by atomic mass is 10.2. The minimum absolute atomic E-state index is 0.0440. The van der Waals surface area contributed by atoms with Crippen LogP contribution in [0.3, 0.4) is 0 Å². The van der Waals surface area contributed by atoms with E-state index in [-0.39, 0.29) is 17.5 Å². The Kier molecular flexibility index (Phi) is 3.44. The van der Waals surface area contributed by atoms with Crippen LogP contribution in [0.2, 0.25) is 0 Å². The van der Waals surface area contributed by atoms with E-state index in [9.17, 15) is 14.9 Å². The predicted molar refractivity (Wildman–Crippen MR) is 75.1 cm³/mol. The summed E-state index contributed by atoms with van der Waals surface area (Å²) in [5.41, 5.74) is 0.466. The normalized spacial score (nSPS) is 16.8. The summed E-state index contributed by atoms with van der Waals surface area (Å²) >= 11 is 0.